The minimum atomic E-state index is -0.431. The zero-order valence-corrected chi connectivity index (χ0v) is 14.4. The summed E-state index contributed by atoms with van der Waals surface area (Å²) in [6.45, 7) is 2.08. The normalized spacial score (nSPS) is 16.0. The van der Waals surface area contributed by atoms with Crippen LogP contribution in [0.3, 0.4) is 0 Å². The Hall–Kier alpha value is -3.14. The maximum absolute atomic E-state index is 9.70. The molecule has 1 aromatic carbocycles. The maximum Gasteiger partial charge on any atom is 0.244 e. The Kier molecular flexibility index (Phi) is 4.52. The summed E-state index contributed by atoms with van der Waals surface area (Å²) < 4.78 is 16.5. The lowest BCUT2D eigenvalue weighted by atomic mass is 9.83. The second-order valence-corrected chi connectivity index (χ2v) is 5.68. The van der Waals surface area contributed by atoms with E-state index in [0.717, 1.165) is 29.7 Å². The average Bonchev–Trinajstić information content (AvgIpc) is 3.02. The first-order valence-electron chi connectivity index (χ1n) is 8.01. The number of methoxy groups -OCH3 is 2. The van der Waals surface area contributed by atoms with Gasteiger partial charge < -0.3 is 19.9 Å². The summed E-state index contributed by atoms with van der Waals surface area (Å²) in [6, 6.07) is 7.75. The number of ether oxygens (including phenoxy) is 3. The smallest absolute Gasteiger partial charge is 0.244 e. The third-order valence-electron chi connectivity index (χ3n) is 4.26. The fourth-order valence-electron chi connectivity index (χ4n) is 3.20. The third-order valence-corrected chi connectivity index (χ3v) is 4.26. The summed E-state index contributed by atoms with van der Waals surface area (Å²) in [5.41, 5.74) is 8.84. The Balaban J connectivity index is 2.27. The molecule has 3 N–H and O–H groups in total. The molecule has 0 aliphatic carbocycles. The Labute approximate surface area is 146 Å². The van der Waals surface area contributed by atoms with Crippen LogP contribution in [0.15, 0.2) is 29.7 Å². The van der Waals surface area contributed by atoms with Gasteiger partial charge in [0.05, 0.1) is 25.7 Å². The van der Waals surface area contributed by atoms with Gasteiger partial charge in [-0.25, -0.2) is 0 Å². The molecule has 0 saturated heterocycles. The number of aryl methyl sites for hydroxylation is 1. The van der Waals surface area contributed by atoms with Gasteiger partial charge in [0, 0.05) is 11.3 Å². The minimum Gasteiger partial charge on any atom is -0.493 e. The van der Waals surface area contributed by atoms with Gasteiger partial charge in [0.25, 0.3) is 0 Å². The highest BCUT2D eigenvalue weighted by molar-refractivity contribution is 5.60. The quantitative estimate of drug-likeness (QED) is 0.866. The van der Waals surface area contributed by atoms with Crippen LogP contribution < -0.4 is 19.9 Å². The number of H-pyrrole nitrogens is 1. The first kappa shape index (κ1) is 16.7. The Morgan fingerprint density at radius 1 is 1.36 bits per heavy atom. The van der Waals surface area contributed by atoms with E-state index in [1.165, 1.54) is 0 Å². The first-order valence-corrected chi connectivity index (χ1v) is 8.01. The number of para-hydroxylation sites is 1. The van der Waals surface area contributed by atoms with Crippen LogP contribution in [0.5, 0.6) is 17.4 Å². The lowest BCUT2D eigenvalue weighted by Crippen LogP contribution is -2.21. The van der Waals surface area contributed by atoms with Gasteiger partial charge in [-0.3, -0.25) is 5.10 Å². The maximum atomic E-state index is 9.70. The van der Waals surface area contributed by atoms with E-state index in [1.807, 2.05) is 18.2 Å². The average molecular weight is 340 g/mol. The number of aromatic nitrogens is 2. The fraction of sp³-hybridized carbons (Fsp3) is 0.333. The van der Waals surface area contributed by atoms with Crippen molar-refractivity contribution in [3.8, 4) is 23.4 Å². The predicted octanol–water partition coefficient (Wildman–Crippen LogP) is 2.60. The zero-order chi connectivity index (χ0) is 18.0. The minimum absolute atomic E-state index is 0.0550. The summed E-state index contributed by atoms with van der Waals surface area (Å²) in [4.78, 5) is 0. The highest BCUT2D eigenvalue weighted by Crippen LogP contribution is 2.47. The molecule has 3 rings (SSSR count). The molecule has 1 aromatic heterocycles. The van der Waals surface area contributed by atoms with Gasteiger partial charge in [0.2, 0.25) is 11.8 Å². The molecular weight excluding hydrogens is 320 g/mol. The monoisotopic (exact) mass is 340 g/mol. The predicted molar refractivity (Wildman–Crippen MR) is 91.4 cm³/mol. The molecule has 0 unspecified atom stereocenters. The molecule has 130 valence electrons. The number of nitrogens with one attached hydrogen (secondary N) is 1. The van der Waals surface area contributed by atoms with Gasteiger partial charge in [0.1, 0.15) is 11.6 Å². The van der Waals surface area contributed by atoms with Crippen LogP contribution in [0.4, 0.5) is 0 Å². The summed E-state index contributed by atoms with van der Waals surface area (Å²) >= 11 is 0. The van der Waals surface area contributed by atoms with Crippen LogP contribution in [-0.2, 0) is 6.42 Å². The number of fused-ring (bicyclic) bond motifs is 1. The lowest BCUT2D eigenvalue weighted by molar-refractivity contribution is 0.348. The second-order valence-electron chi connectivity index (χ2n) is 5.68. The van der Waals surface area contributed by atoms with Crippen LogP contribution in [-0.4, -0.2) is 24.4 Å². The first-order chi connectivity index (χ1) is 12.2. The number of nitrogens with two attached hydrogens (primary N) is 1. The summed E-state index contributed by atoms with van der Waals surface area (Å²) in [7, 11) is 3.15. The van der Waals surface area contributed by atoms with Gasteiger partial charge in [-0.1, -0.05) is 25.5 Å². The fourth-order valence-corrected chi connectivity index (χ4v) is 3.20. The van der Waals surface area contributed by atoms with Crippen LogP contribution in [0.25, 0.3) is 0 Å². The van der Waals surface area contributed by atoms with E-state index in [-0.39, 0.29) is 5.88 Å². The SMILES string of the molecule is CCCc1[nH]nc2c1[C@@H](c1cccc(OC)c1OC)C(C#N)=C(N)O2. The van der Waals surface area contributed by atoms with E-state index in [9.17, 15) is 5.26 Å². The van der Waals surface area contributed by atoms with Gasteiger partial charge in [-0.05, 0) is 12.5 Å². The van der Waals surface area contributed by atoms with Crippen LogP contribution in [0.1, 0.15) is 36.1 Å². The molecule has 0 radical (unpaired) electrons. The molecular formula is C18H20N4O3. The molecule has 0 bridgehead atoms. The van der Waals surface area contributed by atoms with E-state index >= 15 is 0 Å². The zero-order valence-electron chi connectivity index (χ0n) is 14.4. The Morgan fingerprint density at radius 2 is 2.16 bits per heavy atom. The molecule has 1 atom stereocenters. The molecule has 7 nitrogen and oxygen atoms in total. The van der Waals surface area contributed by atoms with Crippen LogP contribution >= 0.6 is 0 Å². The molecule has 2 aromatic rings. The molecule has 0 amide bonds. The van der Waals surface area contributed by atoms with Crippen LogP contribution in [0.2, 0.25) is 0 Å². The molecule has 7 heteroatoms. The highest BCUT2D eigenvalue weighted by Gasteiger charge is 2.37. The number of benzene rings is 1. The molecule has 0 saturated carbocycles. The molecule has 1 aliphatic rings. The second kappa shape index (κ2) is 6.77. The number of hydrogen-bond acceptors (Lipinski definition) is 6. The molecule has 0 fully saturated rings. The molecule has 25 heavy (non-hydrogen) atoms. The van der Waals surface area contributed by atoms with Crippen molar-refractivity contribution < 1.29 is 14.2 Å². The van der Waals surface area contributed by atoms with Crippen molar-refractivity contribution in [1.29, 1.82) is 5.26 Å². The Morgan fingerprint density at radius 3 is 2.80 bits per heavy atom. The topological polar surface area (TPSA) is 106 Å². The number of nitrogens with zero attached hydrogens (tertiary/aromatic N) is 2. The van der Waals surface area contributed by atoms with Crippen molar-refractivity contribution in [3.63, 3.8) is 0 Å². The van der Waals surface area contributed by atoms with Gasteiger partial charge in [0.15, 0.2) is 11.5 Å². The standard InChI is InChI=1S/C18H20N4O3/c1-4-6-12-15-14(10-7-5-8-13(23-2)16(10)24-3)11(9-19)17(20)25-18(15)22-21-12/h5,7-8,14H,4,6,20H2,1-3H3,(H,21,22)/t14-/m0/s1. The van der Waals surface area contributed by atoms with Gasteiger partial charge in [-0.15, -0.1) is 5.10 Å². The van der Waals surface area contributed by atoms with E-state index < -0.39 is 5.92 Å². The number of aromatic amines is 1. The number of nitriles is 1. The highest BCUT2D eigenvalue weighted by atomic mass is 16.5. The van der Waals surface area contributed by atoms with Crippen molar-refractivity contribution in [2.45, 2.75) is 25.7 Å². The number of rotatable bonds is 5. The van der Waals surface area contributed by atoms with Gasteiger partial charge in [-0.2, -0.15) is 5.26 Å². The largest absolute Gasteiger partial charge is 0.493 e. The van der Waals surface area contributed by atoms with Gasteiger partial charge >= 0.3 is 0 Å². The van der Waals surface area contributed by atoms with E-state index in [2.05, 4.69) is 23.2 Å². The van der Waals surface area contributed by atoms with Crippen molar-refractivity contribution in [3.05, 3.63) is 46.5 Å². The Bertz CT molecular complexity index is 864. The van der Waals surface area contributed by atoms with Crippen molar-refractivity contribution in [2.75, 3.05) is 14.2 Å². The third kappa shape index (κ3) is 2.66. The van der Waals surface area contributed by atoms with E-state index in [1.54, 1.807) is 14.2 Å². The van der Waals surface area contributed by atoms with Crippen LogP contribution in [0, 0.1) is 11.3 Å². The summed E-state index contributed by atoms with van der Waals surface area (Å²) in [6.07, 6.45) is 1.71. The number of allylic oxidation sites excluding steroid dienone is 1. The van der Waals surface area contributed by atoms with E-state index in [4.69, 9.17) is 19.9 Å². The summed E-state index contributed by atoms with van der Waals surface area (Å²) in [5, 5.41) is 16.9. The molecule has 2 heterocycles. The number of hydrogen-bond donors (Lipinski definition) is 2. The molecule has 1 aliphatic heterocycles. The lowest BCUT2D eigenvalue weighted by Gasteiger charge is -2.26. The van der Waals surface area contributed by atoms with Crippen molar-refractivity contribution >= 4 is 0 Å². The molecule has 0 spiro atoms. The van der Waals surface area contributed by atoms with Crippen molar-refractivity contribution in [2.24, 2.45) is 5.73 Å². The van der Waals surface area contributed by atoms with E-state index in [0.29, 0.717) is 23.0 Å². The summed E-state index contributed by atoms with van der Waals surface area (Å²) in [5.74, 6) is 1.17. The van der Waals surface area contributed by atoms with Crippen molar-refractivity contribution in [1.82, 2.24) is 10.2 Å².